The minimum Gasteiger partial charge on any atom is -0.383 e. The Morgan fingerprint density at radius 1 is 1.32 bits per heavy atom. The molecule has 0 aromatic rings. The Morgan fingerprint density at radius 2 is 2.00 bits per heavy atom. The van der Waals surface area contributed by atoms with E-state index in [0.29, 0.717) is 19.2 Å². The van der Waals surface area contributed by atoms with E-state index in [1.165, 1.54) is 12.8 Å². The molecule has 0 spiro atoms. The van der Waals surface area contributed by atoms with Gasteiger partial charge in [0.05, 0.1) is 13.2 Å². The van der Waals surface area contributed by atoms with Crippen molar-refractivity contribution in [2.45, 2.75) is 44.7 Å². The SMILES string of the molecule is COCCNC(=O)C(C)NC(=O)CNC1CCCC1. The highest BCUT2D eigenvalue weighted by Gasteiger charge is 2.18. The molecule has 1 atom stereocenters. The highest BCUT2D eigenvalue weighted by atomic mass is 16.5. The highest BCUT2D eigenvalue weighted by molar-refractivity contribution is 5.87. The molecule has 1 aliphatic rings. The Morgan fingerprint density at radius 3 is 2.63 bits per heavy atom. The third-order valence-corrected chi connectivity index (χ3v) is 3.28. The topological polar surface area (TPSA) is 79.5 Å². The van der Waals surface area contributed by atoms with Gasteiger partial charge < -0.3 is 20.7 Å². The maximum Gasteiger partial charge on any atom is 0.242 e. The first-order valence-corrected chi connectivity index (χ1v) is 6.93. The van der Waals surface area contributed by atoms with E-state index in [0.717, 1.165) is 12.8 Å². The first-order valence-electron chi connectivity index (χ1n) is 6.93. The minimum absolute atomic E-state index is 0.138. The van der Waals surface area contributed by atoms with E-state index in [2.05, 4.69) is 16.0 Å². The van der Waals surface area contributed by atoms with Gasteiger partial charge in [-0.25, -0.2) is 0 Å². The van der Waals surface area contributed by atoms with Gasteiger partial charge in [0.2, 0.25) is 11.8 Å². The molecule has 6 heteroatoms. The summed E-state index contributed by atoms with van der Waals surface area (Å²) in [5, 5.41) is 8.58. The summed E-state index contributed by atoms with van der Waals surface area (Å²) >= 11 is 0. The first-order chi connectivity index (χ1) is 9.13. The summed E-state index contributed by atoms with van der Waals surface area (Å²) in [6.45, 7) is 2.88. The number of nitrogens with one attached hydrogen (secondary N) is 3. The third kappa shape index (κ3) is 6.54. The highest BCUT2D eigenvalue weighted by Crippen LogP contribution is 2.17. The largest absolute Gasteiger partial charge is 0.383 e. The third-order valence-electron chi connectivity index (χ3n) is 3.28. The van der Waals surface area contributed by atoms with Crippen molar-refractivity contribution in [2.75, 3.05) is 26.8 Å². The molecular formula is C13H25N3O3. The van der Waals surface area contributed by atoms with Crippen LogP contribution in [0.4, 0.5) is 0 Å². The lowest BCUT2D eigenvalue weighted by Gasteiger charge is -2.16. The minimum atomic E-state index is -0.519. The van der Waals surface area contributed by atoms with Crippen LogP contribution in [0.15, 0.2) is 0 Å². The normalized spacial score (nSPS) is 17.2. The van der Waals surface area contributed by atoms with Crippen LogP contribution in [-0.2, 0) is 14.3 Å². The van der Waals surface area contributed by atoms with Crippen molar-refractivity contribution in [1.82, 2.24) is 16.0 Å². The van der Waals surface area contributed by atoms with Crippen LogP contribution < -0.4 is 16.0 Å². The summed E-state index contributed by atoms with van der Waals surface area (Å²) in [5.74, 6) is -0.326. The summed E-state index contributed by atoms with van der Waals surface area (Å²) in [7, 11) is 1.58. The monoisotopic (exact) mass is 271 g/mol. The van der Waals surface area contributed by atoms with Gasteiger partial charge in [-0.2, -0.15) is 0 Å². The Balaban J connectivity index is 2.13. The number of hydrogen-bond donors (Lipinski definition) is 3. The molecule has 0 aliphatic heterocycles. The molecule has 1 fully saturated rings. The summed E-state index contributed by atoms with van der Waals surface area (Å²) in [4.78, 5) is 23.3. The molecule has 110 valence electrons. The van der Waals surface area contributed by atoms with Gasteiger partial charge in [0, 0.05) is 19.7 Å². The fourth-order valence-electron chi connectivity index (χ4n) is 2.15. The van der Waals surface area contributed by atoms with Crippen molar-refractivity contribution in [2.24, 2.45) is 0 Å². The fourth-order valence-corrected chi connectivity index (χ4v) is 2.15. The van der Waals surface area contributed by atoms with Crippen molar-refractivity contribution in [3.05, 3.63) is 0 Å². The van der Waals surface area contributed by atoms with E-state index in [1.807, 2.05) is 0 Å². The van der Waals surface area contributed by atoms with Crippen LogP contribution in [-0.4, -0.2) is 50.7 Å². The predicted molar refractivity (Wildman–Crippen MR) is 72.7 cm³/mol. The van der Waals surface area contributed by atoms with Gasteiger partial charge in [0.1, 0.15) is 6.04 Å². The Kier molecular flexibility index (Phi) is 7.43. The average molecular weight is 271 g/mol. The molecule has 6 nitrogen and oxygen atoms in total. The van der Waals surface area contributed by atoms with Gasteiger partial charge in [-0.1, -0.05) is 12.8 Å². The van der Waals surface area contributed by atoms with Gasteiger partial charge in [0.15, 0.2) is 0 Å². The second kappa shape index (κ2) is 8.87. The quantitative estimate of drug-likeness (QED) is 0.534. The van der Waals surface area contributed by atoms with E-state index >= 15 is 0 Å². The maximum atomic E-state index is 11.7. The lowest BCUT2D eigenvalue weighted by atomic mass is 10.2. The molecule has 1 aliphatic carbocycles. The van der Waals surface area contributed by atoms with E-state index in [1.54, 1.807) is 14.0 Å². The zero-order chi connectivity index (χ0) is 14.1. The first kappa shape index (κ1) is 15.9. The van der Waals surface area contributed by atoms with Crippen LogP contribution in [0.3, 0.4) is 0 Å². The molecular weight excluding hydrogens is 246 g/mol. The van der Waals surface area contributed by atoms with Crippen molar-refractivity contribution in [1.29, 1.82) is 0 Å². The molecule has 0 saturated heterocycles. The number of methoxy groups -OCH3 is 1. The van der Waals surface area contributed by atoms with Crippen molar-refractivity contribution < 1.29 is 14.3 Å². The van der Waals surface area contributed by atoms with Crippen LogP contribution in [0.5, 0.6) is 0 Å². The molecule has 0 heterocycles. The van der Waals surface area contributed by atoms with Crippen LogP contribution in [0.2, 0.25) is 0 Å². The van der Waals surface area contributed by atoms with Gasteiger partial charge in [-0.3, -0.25) is 9.59 Å². The predicted octanol–water partition coefficient (Wildman–Crippen LogP) is -0.214. The van der Waals surface area contributed by atoms with Crippen molar-refractivity contribution in [3.8, 4) is 0 Å². The standard InChI is InChI=1S/C13H25N3O3/c1-10(13(18)14-7-8-19-2)16-12(17)9-15-11-5-3-4-6-11/h10-11,15H,3-9H2,1-2H3,(H,14,18)(H,16,17). The zero-order valence-electron chi connectivity index (χ0n) is 11.8. The van der Waals surface area contributed by atoms with Crippen LogP contribution in [0, 0.1) is 0 Å². The second-order valence-corrected chi connectivity index (χ2v) is 4.94. The van der Waals surface area contributed by atoms with Crippen molar-refractivity contribution in [3.63, 3.8) is 0 Å². The Labute approximate surface area is 114 Å². The molecule has 19 heavy (non-hydrogen) atoms. The Hall–Kier alpha value is -1.14. The summed E-state index contributed by atoms with van der Waals surface area (Å²) in [5.41, 5.74) is 0. The number of carbonyl (C=O) groups excluding carboxylic acids is 2. The number of rotatable bonds is 8. The molecule has 0 radical (unpaired) electrons. The van der Waals surface area contributed by atoms with Crippen molar-refractivity contribution >= 4 is 11.8 Å². The fraction of sp³-hybridized carbons (Fsp3) is 0.846. The summed E-state index contributed by atoms with van der Waals surface area (Å²) in [6, 6.07) is -0.0636. The van der Waals surface area contributed by atoms with Gasteiger partial charge in [-0.05, 0) is 19.8 Å². The number of ether oxygens (including phenoxy) is 1. The average Bonchev–Trinajstić information content (AvgIpc) is 2.89. The van der Waals surface area contributed by atoms with Gasteiger partial charge in [0.25, 0.3) is 0 Å². The van der Waals surface area contributed by atoms with E-state index in [4.69, 9.17) is 4.74 Å². The van der Waals surface area contributed by atoms with E-state index in [9.17, 15) is 9.59 Å². The molecule has 1 unspecified atom stereocenters. The van der Waals surface area contributed by atoms with Crippen LogP contribution in [0.25, 0.3) is 0 Å². The molecule has 2 amide bonds. The van der Waals surface area contributed by atoms with Crippen LogP contribution >= 0.6 is 0 Å². The number of carbonyl (C=O) groups is 2. The lowest BCUT2D eigenvalue weighted by Crippen LogP contribution is -2.48. The molecule has 1 rings (SSSR count). The summed E-state index contributed by atoms with van der Waals surface area (Å²) < 4.78 is 4.84. The van der Waals surface area contributed by atoms with Gasteiger partial charge >= 0.3 is 0 Å². The summed E-state index contributed by atoms with van der Waals surface area (Å²) in [6.07, 6.45) is 4.75. The molecule has 0 aromatic carbocycles. The maximum absolute atomic E-state index is 11.7. The van der Waals surface area contributed by atoms with E-state index < -0.39 is 6.04 Å². The molecule has 0 bridgehead atoms. The van der Waals surface area contributed by atoms with E-state index in [-0.39, 0.29) is 18.4 Å². The number of hydrogen-bond acceptors (Lipinski definition) is 4. The van der Waals surface area contributed by atoms with Gasteiger partial charge in [-0.15, -0.1) is 0 Å². The molecule has 3 N–H and O–H groups in total. The number of amides is 2. The zero-order valence-corrected chi connectivity index (χ0v) is 11.8. The Bertz CT molecular complexity index is 291. The molecule has 0 aromatic heterocycles. The lowest BCUT2D eigenvalue weighted by molar-refractivity contribution is -0.128. The van der Waals surface area contributed by atoms with Crippen LogP contribution in [0.1, 0.15) is 32.6 Å². The smallest absolute Gasteiger partial charge is 0.242 e. The molecule has 1 saturated carbocycles. The second-order valence-electron chi connectivity index (χ2n) is 4.94.